The lowest BCUT2D eigenvalue weighted by Gasteiger charge is -2.17. The number of amides is 1. The summed E-state index contributed by atoms with van der Waals surface area (Å²) in [7, 11) is -4.68. The highest BCUT2D eigenvalue weighted by Crippen LogP contribution is 2.21. The molecule has 0 aliphatic rings. The highest BCUT2D eigenvalue weighted by atomic mass is 32.2. The largest absolute Gasteiger partial charge is 0.491 e. The second-order valence-corrected chi connectivity index (χ2v) is 8.18. The van der Waals surface area contributed by atoms with Crippen LogP contribution in [0, 0.1) is 0 Å². The maximum atomic E-state index is 12.6. The van der Waals surface area contributed by atoms with Gasteiger partial charge in [-0.05, 0) is 62.7 Å². The van der Waals surface area contributed by atoms with Gasteiger partial charge in [-0.2, -0.15) is 8.78 Å². The molecule has 2 aromatic carbocycles. The summed E-state index contributed by atoms with van der Waals surface area (Å²) in [6, 6.07) is 11.4. The fourth-order valence-corrected chi connectivity index (χ4v) is 3.11. The number of sulfone groups is 1. The Hall–Kier alpha value is -2.48. The van der Waals surface area contributed by atoms with E-state index in [9.17, 15) is 22.0 Å². The molecule has 0 saturated carbocycles. The zero-order valence-electron chi connectivity index (χ0n) is 15.1. The smallest absolute Gasteiger partial charge is 0.341 e. The van der Waals surface area contributed by atoms with E-state index in [2.05, 4.69) is 5.32 Å². The third kappa shape index (κ3) is 5.26. The van der Waals surface area contributed by atoms with Crippen LogP contribution < -0.4 is 10.1 Å². The van der Waals surface area contributed by atoms with Crippen molar-refractivity contribution in [3.8, 4) is 5.75 Å². The summed E-state index contributed by atoms with van der Waals surface area (Å²) >= 11 is 0. The van der Waals surface area contributed by atoms with Gasteiger partial charge in [0.1, 0.15) is 5.75 Å². The van der Waals surface area contributed by atoms with Crippen molar-refractivity contribution in [1.82, 2.24) is 5.32 Å². The minimum Gasteiger partial charge on any atom is -0.491 e. The van der Waals surface area contributed by atoms with Crippen molar-refractivity contribution in [1.29, 1.82) is 0 Å². The van der Waals surface area contributed by atoms with E-state index >= 15 is 0 Å². The van der Waals surface area contributed by atoms with Gasteiger partial charge >= 0.3 is 5.76 Å². The number of rotatable bonds is 7. The van der Waals surface area contributed by atoms with Crippen LogP contribution in [0.2, 0.25) is 0 Å². The molecule has 0 aliphatic heterocycles. The highest BCUT2D eigenvalue weighted by Gasteiger charge is 2.26. The van der Waals surface area contributed by atoms with Gasteiger partial charge in [0, 0.05) is 5.56 Å². The number of hydrogen-bond acceptors (Lipinski definition) is 4. The number of benzene rings is 2. The Labute approximate surface area is 157 Å². The molecule has 0 spiro atoms. The van der Waals surface area contributed by atoms with Gasteiger partial charge in [-0.1, -0.05) is 12.1 Å². The van der Waals surface area contributed by atoms with Gasteiger partial charge in [-0.15, -0.1) is 0 Å². The van der Waals surface area contributed by atoms with E-state index in [1.165, 1.54) is 12.1 Å². The van der Waals surface area contributed by atoms with E-state index in [-0.39, 0.29) is 17.7 Å². The third-order valence-corrected chi connectivity index (χ3v) is 5.16. The summed E-state index contributed by atoms with van der Waals surface area (Å²) in [4.78, 5) is 11.8. The maximum absolute atomic E-state index is 12.6. The Kier molecular flexibility index (Phi) is 6.54. The van der Waals surface area contributed by atoms with Gasteiger partial charge in [-0.25, -0.2) is 8.42 Å². The molecule has 1 N–H and O–H groups in total. The van der Waals surface area contributed by atoms with Gasteiger partial charge in [0.05, 0.1) is 17.0 Å². The average Bonchev–Trinajstić information content (AvgIpc) is 2.61. The molecule has 0 heterocycles. The van der Waals surface area contributed by atoms with Crippen LogP contribution in [0.3, 0.4) is 0 Å². The lowest BCUT2D eigenvalue weighted by atomic mass is 10.1. The Morgan fingerprint density at radius 1 is 1.04 bits per heavy atom. The molecule has 1 unspecified atom stereocenters. The number of alkyl halides is 2. The molecule has 2 aromatic rings. The molecule has 0 bridgehead atoms. The topological polar surface area (TPSA) is 72.5 Å². The molecule has 2 rings (SSSR count). The second kappa shape index (κ2) is 8.47. The molecule has 0 aliphatic carbocycles. The van der Waals surface area contributed by atoms with E-state index in [0.717, 1.165) is 17.7 Å². The SMILES string of the molecule is CC(C)Oc1cccc(C(C)NC(=O)c2ccc(S(=O)(=O)C(F)F)cc2)c1. The molecule has 0 saturated heterocycles. The molecule has 27 heavy (non-hydrogen) atoms. The molecule has 0 fully saturated rings. The zero-order chi connectivity index (χ0) is 20.2. The molecule has 8 heteroatoms. The Bertz CT molecular complexity index is 896. The first kappa shape index (κ1) is 20.8. The van der Waals surface area contributed by atoms with Crippen LogP contribution in [0.1, 0.15) is 42.7 Å². The van der Waals surface area contributed by atoms with Crippen molar-refractivity contribution in [2.45, 2.75) is 43.6 Å². The van der Waals surface area contributed by atoms with Crippen molar-refractivity contribution in [3.63, 3.8) is 0 Å². The minimum absolute atomic E-state index is 0.0215. The van der Waals surface area contributed by atoms with E-state index in [0.29, 0.717) is 5.75 Å². The van der Waals surface area contributed by atoms with Gasteiger partial charge in [0.25, 0.3) is 5.91 Å². The summed E-state index contributed by atoms with van der Waals surface area (Å²) in [5.74, 6) is -3.26. The van der Waals surface area contributed by atoms with Crippen LogP contribution in [0.5, 0.6) is 5.75 Å². The molecule has 0 aromatic heterocycles. The molecule has 1 amide bonds. The van der Waals surface area contributed by atoms with Gasteiger partial charge in [0.2, 0.25) is 9.84 Å². The monoisotopic (exact) mass is 397 g/mol. The van der Waals surface area contributed by atoms with Gasteiger partial charge in [-0.3, -0.25) is 4.79 Å². The molecular formula is C19H21F2NO4S. The fraction of sp³-hybridized carbons (Fsp3) is 0.316. The average molecular weight is 397 g/mol. The van der Waals surface area contributed by atoms with Crippen molar-refractivity contribution in [3.05, 3.63) is 59.7 Å². The van der Waals surface area contributed by atoms with Crippen molar-refractivity contribution >= 4 is 15.7 Å². The summed E-state index contributed by atoms with van der Waals surface area (Å²) in [5, 5.41) is 2.78. The quantitative estimate of drug-likeness (QED) is 0.768. The number of carbonyl (C=O) groups is 1. The first-order chi connectivity index (χ1) is 12.6. The number of halogens is 2. The van der Waals surface area contributed by atoms with E-state index < -0.39 is 26.4 Å². The van der Waals surface area contributed by atoms with Crippen molar-refractivity contribution in [2.24, 2.45) is 0 Å². The van der Waals surface area contributed by atoms with Crippen molar-refractivity contribution in [2.75, 3.05) is 0 Å². The normalized spacial score (nSPS) is 12.9. The molecule has 1 atom stereocenters. The predicted octanol–water partition coefficient (Wildman–Crippen LogP) is 3.96. The third-order valence-electron chi connectivity index (χ3n) is 3.76. The van der Waals surface area contributed by atoms with Gasteiger partial charge < -0.3 is 10.1 Å². The summed E-state index contributed by atoms with van der Waals surface area (Å²) in [6.07, 6.45) is 0.0215. The maximum Gasteiger partial charge on any atom is 0.341 e. The summed E-state index contributed by atoms with van der Waals surface area (Å²) < 4.78 is 53.6. The first-order valence-electron chi connectivity index (χ1n) is 8.31. The van der Waals surface area contributed by atoms with Crippen LogP contribution in [0.15, 0.2) is 53.4 Å². The van der Waals surface area contributed by atoms with Crippen LogP contribution in [-0.2, 0) is 9.84 Å². The number of ether oxygens (including phenoxy) is 1. The highest BCUT2D eigenvalue weighted by molar-refractivity contribution is 7.91. The van der Waals surface area contributed by atoms with Crippen LogP contribution in [0.4, 0.5) is 8.78 Å². The number of carbonyl (C=O) groups excluding carboxylic acids is 1. The lowest BCUT2D eigenvalue weighted by molar-refractivity contribution is 0.0939. The Balaban J connectivity index is 2.11. The molecule has 146 valence electrons. The van der Waals surface area contributed by atoms with Crippen molar-refractivity contribution < 1.29 is 26.7 Å². The van der Waals surface area contributed by atoms with E-state index in [1.54, 1.807) is 6.92 Å². The predicted molar refractivity (Wildman–Crippen MR) is 97.7 cm³/mol. The molecule has 5 nitrogen and oxygen atoms in total. The van der Waals surface area contributed by atoms with Crippen LogP contribution in [-0.4, -0.2) is 26.2 Å². The van der Waals surface area contributed by atoms with E-state index in [4.69, 9.17) is 4.74 Å². The van der Waals surface area contributed by atoms with Gasteiger partial charge in [0.15, 0.2) is 0 Å². The van der Waals surface area contributed by atoms with Crippen LogP contribution >= 0.6 is 0 Å². The van der Waals surface area contributed by atoms with Crippen LogP contribution in [0.25, 0.3) is 0 Å². The summed E-state index contributed by atoms with van der Waals surface area (Å²) in [5.41, 5.74) is 1.00. The molecular weight excluding hydrogens is 376 g/mol. The lowest BCUT2D eigenvalue weighted by Crippen LogP contribution is -2.26. The minimum atomic E-state index is -4.68. The second-order valence-electron chi connectivity index (χ2n) is 6.26. The molecule has 0 radical (unpaired) electrons. The standard InChI is InChI=1S/C19H21F2NO4S/c1-12(2)26-16-6-4-5-15(11-16)13(3)22-18(23)14-7-9-17(10-8-14)27(24,25)19(20)21/h4-13,19H,1-3H3,(H,22,23). The Morgan fingerprint density at radius 3 is 2.22 bits per heavy atom. The van der Waals surface area contributed by atoms with E-state index in [1.807, 2.05) is 38.1 Å². The fourth-order valence-electron chi connectivity index (χ4n) is 2.39. The number of nitrogens with one attached hydrogen (secondary N) is 1. The number of hydrogen-bond donors (Lipinski definition) is 1. The first-order valence-corrected chi connectivity index (χ1v) is 9.85. The zero-order valence-corrected chi connectivity index (χ0v) is 16.0. The summed E-state index contributed by atoms with van der Waals surface area (Å²) in [6.45, 7) is 5.62. The Morgan fingerprint density at radius 2 is 1.67 bits per heavy atom.